The molecule has 14 heavy (non-hydrogen) atoms. The predicted octanol–water partition coefficient (Wildman–Crippen LogP) is 3.22. The van der Waals surface area contributed by atoms with Crippen molar-refractivity contribution >= 4 is 18.3 Å². The minimum Gasteiger partial charge on any atom is -0.398 e. The first-order chi connectivity index (χ1) is 6.77. The molecule has 0 saturated carbocycles. The molecule has 0 aliphatic carbocycles. The Morgan fingerprint density at radius 3 is 2.43 bits per heavy atom. The molecular formula is C12H11NS. The molecule has 2 aromatic carbocycles. The van der Waals surface area contributed by atoms with Crippen molar-refractivity contribution in [3.8, 4) is 11.1 Å². The molecule has 0 fully saturated rings. The van der Waals surface area contributed by atoms with Gasteiger partial charge in [-0.15, -0.1) is 12.6 Å². The topological polar surface area (TPSA) is 26.0 Å². The fraction of sp³-hybridized carbons (Fsp3) is 0. The van der Waals surface area contributed by atoms with Crippen molar-refractivity contribution in [2.24, 2.45) is 0 Å². The lowest BCUT2D eigenvalue weighted by atomic mass is 10.0. The van der Waals surface area contributed by atoms with Gasteiger partial charge in [0.15, 0.2) is 0 Å². The maximum atomic E-state index is 5.88. The van der Waals surface area contributed by atoms with Crippen molar-refractivity contribution in [1.82, 2.24) is 0 Å². The highest BCUT2D eigenvalue weighted by Crippen LogP contribution is 2.26. The molecule has 0 bridgehead atoms. The zero-order valence-electron chi connectivity index (χ0n) is 7.64. The number of nitrogens with two attached hydrogens (primary N) is 1. The second kappa shape index (κ2) is 3.76. The molecule has 1 nitrogen and oxygen atoms in total. The molecule has 0 aliphatic heterocycles. The van der Waals surface area contributed by atoms with Crippen LogP contribution in [0.4, 0.5) is 5.69 Å². The van der Waals surface area contributed by atoms with E-state index in [-0.39, 0.29) is 0 Å². The number of para-hydroxylation sites is 1. The number of thiol groups is 1. The first-order valence-electron chi connectivity index (χ1n) is 4.41. The Morgan fingerprint density at radius 2 is 1.71 bits per heavy atom. The lowest BCUT2D eigenvalue weighted by Crippen LogP contribution is -1.88. The highest BCUT2D eigenvalue weighted by atomic mass is 32.1. The van der Waals surface area contributed by atoms with Gasteiger partial charge in [-0.1, -0.05) is 30.3 Å². The summed E-state index contributed by atoms with van der Waals surface area (Å²) >= 11 is 4.30. The van der Waals surface area contributed by atoms with E-state index < -0.39 is 0 Å². The number of hydrogen-bond acceptors (Lipinski definition) is 2. The molecule has 70 valence electrons. The molecule has 0 unspecified atom stereocenters. The van der Waals surface area contributed by atoms with Crippen LogP contribution in [-0.4, -0.2) is 0 Å². The van der Waals surface area contributed by atoms with E-state index in [1.165, 1.54) is 0 Å². The molecule has 0 aliphatic rings. The summed E-state index contributed by atoms with van der Waals surface area (Å²) in [5.41, 5.74) is 8.84. The Labute approximate surface area is 89.0 Å². The molecule has 0 amide bonds. The van der Waals surface area contributed by atoms with Gasteiger partial charge < -0.3 is 5.73 Å². The molecule has 2 rings (SSSR count). The summed E-state index contributed by atoms with van der Waals surface area (Å²) in [4.78, 5) is 0.950. The van der Waals surface area contributed by atoms with E-state index in [1.807, 2.05) is 48.5 Å². The lowest BCUT2D eigenvalue weighted by Gasteiger charge is -2.05. The largest absolute Gasteiger partial charge is 0.398 e. The summed E-state index contributed by atoms with van der Waals surface area (Å²) in [6.45, 7) is 0. The SMILES string of the molecule is Nc1ccccc1-c1cccc(S)c1. The normalized spacial score (nSPS) is 10.1. The van der Waals surface area contributed by atoms with Crippen LogP contribution in [0.1, 0.15) is 0 Å². The Morgan fingerprint density at radius 1 is 0.929 bits per heavy atom. The maximum absolute atomic E-state index is 5.88. The summed E-state index contributed by atoms with van der Waals surface area (Å²) < 4.78 is 0. The number of rotatable bonds is 1. The van der Waals surface area contributed by atoms with E-state index in [0.717, 1.165) is 21.7 Å². The first-order valence-corrected chi connectivity index (χ1v) is 4.86. The summed E-state index contributed by atoms with van der Waals surface area (Å²) in [7, 11) is 0. The van der Waals surface area contributed by atoms with Gasteiger partial charge in [0, 0.05) is 16.1 Å². The third kappa shape index (κ3) is 1.75. The first kappa shape index (κ1) is 9.16. The maximum Gasteiger partial charge on any atom is 0.0393 e. The van der Waals surface area contributed by atoms with Gasteiger partial charge in [-0.05, 0) is 23.8 Å². The lowest BCUT2D eigenvalue weighted by molar-refractivity contribution is 1.47. The van der Waals surface area contributed by atoms with Gasteiger partial charge in [0.1, 0.15) is 0 Å². The monoisotopic (exact) mass is 201 g/mol. The van der Waals surface area contributed by atoms with Crippen molar-refractivity contribution in [1.29, 1.82) is 0 Å². The van der Waals surface area contributed by atoms with Crippen LogP contribution in [0, 0.1) is 0 Å². The molecule has 2 N–H and O–H groups in total. The molecule has 0 radical (unpaired) electrons. The molecular weight excluding hydrogens is 190 g/mol. The highest BCUT2D eigenvalue weighted by Gasteiger charge is 2.00. The van der Waals surface area contributed by atoms with Crippen LogP contribution in [0.3, 0.4) is 0 Å². The number of hydrogen-bond donors (Lipinski definition) is 2. The Bertz CT molecular complexity index is 452. The average Bonchev–Trinajstić information content (AvgIpc) is 2.18. The average molecular weight is 201 g/mol. The minimum atomic E-state index is 0.798. The van der Waals surface area contributed by atoms with Crippen LogP contribution < -0.4 is 5.73 Å². The Hall–Kier alpha value is -1.41. The number of benzene rings is 2. The standard InChI is InChI=1S/C12H11NS/c13-12-7-2-1-6-11(12)9-4-3-5-10(14)8-9/h1-8,14H,13H2. The van der Waals surface area contributed by atoms with Gasteiger partial charge in [0.2, 0.25) is 0 Å². The van der Waals surface area contributed by atoms with Crippen molar-refractivity contribution in [2.45, 2.75) is 4.90 Å². The summed E-state index contributed by atoms with van der Waals surface area (Å²) in [5.74, 6) is 0. The number of anilines is 1. The van der Waals surface area contributed by atoms with E-state index in [2.05, 4.69) is 12.6 Å². The molecule has 0 heterocycles. The quantitative estimate of drug-likeness (QED) is 0.537. The highest BCUT2D eigenvalue weighted by molar-refractivity contribution is 7.80. The van der Waals surface area contributed by atoms with Gasteiger partial charge in [-0.3, -0.25) is 0 Å². The van der Waals surface area contributed by atoms with Crippen LogP contribution in [-0.2, 0) is 0 Å². The summed E-state index contributed by atoms with van der Waals surface area (Å²) in [5, 5.41) is 0. The van der Waals surface area contributed by atoms with Crippen LogP contribution in [0.2, 0.25) is 0 Å². The molecule has 2 heteroatoms. The molecule has 0 atom stereocenters. The predicted molar refractivity (Wildman–Crippen MR) is 63.5 cm³/mol. The zero-order chi connectivity index (χ0) is 9.97. The van der Waals surface area contributed by atoms with Crippen molar-refractivity contribution < 1.29 is 0 Å². The number of nitrogen functional groups attached to an aromatic ring is 1. The van der Waals surface area contributed by atoms with Crippen LogP contribution >= 0.6 is 12.6 Å². The molecule has 0 aromatic heterocycles. The zero-order valence-corrected chi connectivity index (χ0v) is 8.54. The van der Waals surface area contributed by atoms with Crippen molar-refractivity contribution in [3.63, 3.8) is 0 Å². The van der Waals surface area contributed by atoms with E-state index in [1.54, 1.807) is 0 Å². The fourth-order valence-corrected chi connectivity index (χ4v) is 1.66. The van der Waals surface area contributed by atoms with Gasteiger partial charge in [-0.25, -0.2) is 0 Å². The van der Waals surface area contributed by atoms with Crippen LogP contribution in [0.15, 0.2) is 53.4 Å². The van der Waals surface area contributed by atoms with E-state index in [4.69, 9.17) is 5.73 Å². The van der Waals surface area contributed by atoms with Gasteiger partial charge >= 0.3 is 0 Å². The Kier molecular flexibility index (Phi) is 2.46. The Balaban J connectivity index is 2.55. The molecule has 0 spiro atoms. The summed E-state index contributed by atoms with van der Waals surface area (Å²) in [6, 6.07) is 15.8. The minimum absolute atomic E-state index is 0.798. The third-order valence-electron chi connectivity index (χ3n) is 2.12. The molecule has 0 saturated heterocycles. The van der Waals surface area contributed by atoms with Gasteiger partial charge in [-0.2, -0.15) is 0 Å². The van der Waals surface area contributed by atoms with E-state index >= 15 is 0 Å². The second-order valence-corrected chi connectivity index (χ2v) is 3.65. The fourth-order valence-electron chi connectivity index (χ4n) is 1.43. The second-order valence-electron chi connectivity index (χ2n) is 3.14. The van der Waals surface area contributed by atoms with Gasteiger partial charge in [0.05, 0.1) is 0 Å². The third-order valence-corrected chi connectivity index (χ3v) is 2.40. The van der Waals surface area contributed by atoms with E-state index in [0.29, 0.717) is 0 Å². The van der Waals surface area contributed by atoms with E-state index in [9.17, 15) is 0 Å². The smallest absolute Gasteiger partial charge is 0.0393 e. The van der Waals surface area contributed by atoms with Gasteiger partial charge in [0.25, 0.3) is 0 Å². The molecule has 2 aromatic rings. The van der Waals surface area contributed by atoms with Crippen LogP contribution in [0.25, 0.3) is 11.1 Å². The van der Waals surface area contributed by atoms with Crippen LogP contribution in [0.5, 0.6) is 0 Å². The summed E-state index contributed by atoms with van der Waals surface area (Å²) in [6.07, 6.45) is 0. The van der Waals surface area contributed by atoms with Crippen molar-refractivity contribution in [3.05, 3.63) is 48.5 Å². The van der Waals surface area contributed by atoms with Crippen molar-refractivity contribution in [2.75, 3.05) is 5.73 Å².